The van der Waals surface area contributed by atoms with Crippen molar-refractivity contribution in [3.8, 4) is 6.07 Å². The van der Waals surface area contributed by atoms with Gasteiger partial charge in [0.25, 0.3) is 11.8 Å². The summed E-state index contributed by atoms with van der Waals surface area (Å²) >= 11 is 1.66. The van der Waals surface area contributed by atoms with Crippen LogP contribution in [0.15, 0.2) is 28.9 Å². The fourth-order valence-electron chi connectivity index (χ4n) is 3.41. The number of hydrogen-bond donors (Lipinski definition) is 0. The minimum absolute atomic E-state index is 0.0706. The van der Waals surface area contributed by atoms with Crippen molar-refractivity contribution in [1.29, 1.82) is 5.26 Å². The summed E-state index contributed by atoms with van der Waals surface area (Å²) in [6.45, 7) is 10.5. The number of hydrogen-bond acceptors (Lipinski definition) is 5. The highest BCUT2D eigenvalue weighted by Crippen LogP contribution is 2.32. The van der Waals surface area contributed by atoms with E-state index in [9.17, 15) is 14.9 Å². The molecular formula is C24H33N3O2S. The second kappa shape index (κ2) is 11.7. The zero-order chi connectivity index (χ0) is 22.1. The molecule has 2 amide bonds. The van der Waals surface area contributed by atoms with Gasteiger partial charge in [0.05, 0.1) is 5.00 Å². The summed E-state index contributed by atoms with van der Waals surface area (Å²) in [6.07, 6.45) is 8.06. The summed E-state index contributed by atoms with van der Waals surface area (Å²) in [5.41, 5.74) is 0.995. The smallest absolute Gasteiger partial charge is 0.271 e. The molecule has 6 heteroatoms. The molecule has 2 rings (SSSR count). The van der Waals surface area contributed by atoms with E-state index in [0.29, 0.717) is 17.7 Å². The summed E-state index contributed by atoms with van der Waals surface area (Å²) in [5.74, 6) is -0.767. The molecule has 0 saturated carbocycles. The Morgan fingerprint density at radius 1 is 1.03 bits per heavy atom. The summed E-state index contributed by atoms with van der Waals surface area (Å²) in [4.78, 5) is 30.2. The molecule has 5 nitrogen and oxygen atoms in total. The summed E-state index contributed by atoms with van der Waals surface area (Å²) in [7, 11) is 0. The zero-order valence-electron chi connectivity index (χ0n) is 18.7. The van der Waals surface area contributed by atoms with Crippen molar-refractivity contribution in [2.24, 2.45) is 0 Å². The highest BCUT2D eigenvalue weighted by atomic mass is 32.1. The van der Waals surface area contributed by atoms with Gasteiger partial charge < -0.3 is 4.90 Å². The minimum Gasteiger partial charge on any atom is -0.363 e. The first-order valence-corrected chi connectivity index (χ1v) is 11.8. The fourth-order valence-corrected chi connectivity index (χ4v) is 4.41. The Morgan fingerprint density at radius 3 is 2.23 bits per heavy atom. The molecule has 0 radical (unpaired) electrons. The van der Waals surface area contributed by atoms with Crippen molar-refractivity contribution >= 4 is 34.2 Å². The maximum atomic E-state index is 13.0. The van der Waals surface area contributed by atoms with Gasteiger partial charge in [0.2, 0.25) is 0 Å². The number of carbonyl (C=O) groups excluding carboxylic acids is 2. The first-order chi connectivity index (χ1) is 14.5. The van der Waals surface area contributed by atoms with Crippen LogP contribution >= 0.6 is 11.3 Å². The first kappa shape index (κ1) is 23.9. The third-order valence-electron chi connectivity index (χ3n) is 5.33. The van der Waals surface area contributed by atoms with Gasteiger partial charge in [0.1, 0.15) is 11.6 Å². The van der Waals surface area contributed by atoms with Crippen LogP contribution in [0.4, 0.5) is 5.00 Å². The van der Waals surface area contributed by atoms with Gasteiger partial charge in [-0.2, -0.15) is 5.26 Å². The van der Waals surface area contributed by atoms with Crippen molar-refractivity contribution in [3.05, 3.63) is 33.7 Å². The number of amides is 2. The summed E-state index contributed by atoms with van der Waals surface area (Å²) < 4.78 is 0. The molecule has 0 atom stereocenters. The van der Waals surface area contributed by atoms with Crippen LogP contribution in [0.5, 0.6) is 0 Å². The highest BCUT2D eigenvalue weighted by Gasteiger charge is 2.35. The molecule has 1 aliphatic heterocycles. The van der Waals surface area contributed by atoms with Crippen LogP contribution in [0.2, 0.25) is 0 Å². The minimum atomic E-state index is -0.470. The molecule has 0 aliphatic carbocycles. The van der Waals surface area contributed by atoms with E-state index in [4.69, 9.17) is 0 Å². The Kier molecular flexibility index (Phi) is 9.32. The van der Waals surface area contributed by atoms with E-state index in [2.05, 4.69) is 24.8 Å². The number of unbranched alkanes of at least 4 members (excludes halogenated alkanes) is 3. The molecule has 2 heterocycles. The van der Waals surface area contributed by atoms with Gasteiger partial charge in [-0.3, -0.25) is 14.5 Å². The van der Waals surface area contributed by atoms with Crippen molar-refractivity contribution in [2.45, 2.75) is 66.2 Å². The summed E-state index contributed by atoms with van der Waals surface area (Å²) in [5, 5.41) is 10.7. The topological polar surface area (TPSA) is 64.4 Å². The number of nitrogens with zero attached hydrogens (tertiary/aromatic N) is 3. The molecule has 0 fully saturated rings. The van der Waals surface area contributed by atoms with Crippen molar-refractivity contribution in [2.75, 3.05) is 24.5 Å². The molecule has 0 saturated heterocycles. The van der Waals surface area contributed by atoms with Crippen molar-refractivity contribution in [3.63, 3.8) is 0 Å². The van der Waals surface area contributed by atoms with E-state index in [1.165, 1.54) is 9.90 Å². The molecule has 0 aromatic carbocycles. The predicted octanol–water partition coefficient (Wildman–Crippen LogP) is 5.55. The average Bonchev–Trinajstić information content (AvgIpc) is 3.20. The lowest BCUT2D eigenvalue weighted by molar-refractivity contribution is -0.140. The number of imide groups is 1. The van der Waals surface area contributed by atoms with E-state index in [1.807, 2.05) is 25.1 Å². The molecule has 30 heavy (non-hydrogen) atoms. The second-order valence-corrected chi connectivity index (χ2v) is 8.75. The number of anilines is 1. The molecule has 0 N–H and O–H groups in total. The maximum Gasteiger partial charge on any atom is 0.271 e. The van der Waals surface area contributed by atoms with E-state index >= 15 is 0 Å². The lowest BCUT2D eigenvalue weighted by atomic mass is 9.94. The second-order valence-electron chi connectivity index (χ2n) is 7.66. The normalized spacial score (nSPS) is 15.8. The third kappa shape index (κ3) is 5.60. The van der Waals surface area contributed by atoms with Gasteiger partial charge in [-0.05, 0) is 50.0 Å². The maximum absolute atomic E-state index is 13.0. The van der Waals surface area contributed by atoms with Gasteiger partial charge >= 0.3 is 0 Å². The van der Waals surface area contributed by atoms with Gasteiger partial charge in [0.15, 0.2) is 0 Å². The monoisotopic (exact) mass is 427 g/mol. The van der Waals surface area contributed by atoms with Gasteiger partial charge in [0, 0.05) is 30.1 Å². The number of carbonyl (C=O) groups is 2. The Balaban J connectivity index is 2.36. The largest absolute Gasteiger partial charge is 0.363 e. The Bertz CT molecular complexity index is 852. The van der Waals surface area contributed by atoms with Crippen LogP contribution in [-0.4, -0.2) is 36.3 Å². The van der Waals surface area contributed by atoms with Crippen molar-refractivity contribution in [1.82, 2.24) is 4.90 Å². The molecule has 0 spiro atoms. The molecular weight excluding hydrogens is 394 g/mol. The quantitative estimate of drug-likeness (QED) is 0.343. The average molecular weight is 428 g/mol. The molecule has 1 aliphatic rings. The van der Waals surface area contributed by atoms with Crippen LogP contribution in [0.1, 0.15) is 71.1 Å². The number of rotatable bonds is 11. The SMILES string of the molecule is CCCCN1C(=O)C(C#N)=C(C)/C(=C\c2ccc(N(CCCC)CCCC)s2)C1=O. The van der Waals surface area contributed by atoms with E-state index in [-0.39, 0.29) is 11.5 Å². The molecule has 0 bridgehead atoms. The Morgan fingerprint density at radius 2 is 1.67 bits per heavy atom. The van der Waals surface area contributed by atoms with Crippen LogP contribution in [-0.2, 0) is 9.59 Å². The van der Waals surface area contributed by atoms with E-state index in [0.717, 1.165) is 56.5 Å². The van der Waals surface area contributed by atoms with E-state index in [1.54, 1.807) is 18.3 Å². The molecule has 162 valence electrons. The summed E-state index contributed by atoms with van der Waals surface area (Å²) in [6, 6.07) is 6.14. The lowest BCUT2D eigenvalue weighted by Crippen LogP contribution is -2.43. The molecule has 1 aromatic rings. The van der Waals surface area contributed by atoms with Gasteiger partial charge in [-0.1, -0.05) is 40.0 Å². The van der Waals surface area contributed by atoms with Crippen LogP contribution < -0.4 is 4.90 Å². The Hall–Kier alpha value is -2.39. The van der Waals surface area contributed by atoms with Gasteiger partial charge in [-0.25, -0.2) is 0 Å². The van der Waals surface area contributed by atoms with Crippen molar-refractivity contribution < 1.29 is 9.59 Å². The van der Waals surface area contributed by atoms with Gasteiger partial charge in [-0.15, -0.1) is 11.3 Å². The van der Waals surface area contributed by atoms with Crippen LogP contribution in [0.25, 0.3) is 6.08 Å². The Labute approximate surface area is 184 Å². The highest BCUT2D eigenvalue weighted by molar-refractivity contribution is 7.17. The van der Waals surface area contributed by atoms with Crippen LogP contribution in [0.3, 0.4) is 0 Å². The van der Waals surface area contributed by atoms with Crippen LogP contribution in [0, 0.1) is 11.3 Å². The fraction of sp³-hybridized carbons (Fsp3) is 0.542. The van der Waals surface area contributed by atoms with E-state index < -0.39 is 5.91 Å². The lowest BCUT2D eigenvalue weighted by Gasteiger charge is -2.27. The zero-order valence-corrected chi connectivity index (χ0v) is 19.5. The third-order valence-corrected chi connectivity index (χ3v) is 6.43. The molecule has 0 unspecified atom stereocenters. The first-order valence-electron chi connectivity index (χ1n) is 11.0. The number of nitriles is 1. The standard InChI is InChI=1S/C24H33N3O2S/c1-5-8-13-26(14-9-6-2)22-12-11-19(30-22)16-20-18(4)21(17-25)24(29)27(23(20)28)15-10-7-3/h11-12,16H,5-10,13-15H2,1-4H3/b20-16+. The molecule has 1 aromatic heterocycles. The predicted molar refractivity (Wildman–Crippen MR) is 124 cm³/mol. The number of thiophene rings is 1.